The lowest BCUT2D eigenvalue weighted by molar-refractivity contribution is -0.165. The highest BCUT2D eigenvalue weighted by molar-refractivity contribution is 5.98. The molecule has 0 aromatic heterocycles. The number of hydrogen-bond acceptors (Lipinski definition) is 5. The Morgan fingerprint density at radius 1 is 1.19 bits per heavy atom. The largest absolute Gasteiger partial charge is 0.466 e. The van der Waals surface area contributed by atoms with Crippen molar-refractivity contribution in [2.24, 2.45) is 11.8 Å². The van der Waals surface area contributed by atoms with Crippen LogP contribution in [-0.4, -0.2) is 39.9 Å². The molecule has 148 valence electrons. The van der Waals surface area contributed by atoms with Crippen LogP contribution in [0.25, 0.3) is 0 Å². The van der Waals surface area contributed by atoms with Crippen LogP contribution in [0.3, 0.4) is 0 Å². The molecule has 27 heavy (non-hydrogen) atoms. The van der Waals surface area contributed by atoms with E-state index in [0.717, 1.165) is 5.56 Å². The maximum Gasteiger partial charge on any atom is 0.309 e. The van der Waals surface area contributed by atoms with Crippen molar-refractivity contribution in [3.05, 3.63) is 35.9 Å². The minimum Gasteiger partial charge on any atom is -0.466 e. The van der Waals surface area contributed by atoms with Crippen molar-refractivity contribution in [3.63, 3.8) is 0 Å². The van der Waals surface area contributed by atoms with E-state index in [1.54, 1.807) is 6.92 Å². The van der Waals surface area contributed by atoms with Gasteiger partial charge in [-0.15, -0.1) is 0 Å². The van der Waals surface area contributed by atoms with Gasteiger partial charge in [-0.3, -0.25) is 14.4 Å². The van der Waals surface area contributed by atoms with Crippen LogP contribution in [0, 0.1) is 11.8 Å². The summed E-state index contributed by atoms with van der Waals surface area (Å²) in [6.45, 7) is 10.1. The number of imide groups is 1. The van der Waals surface area contributed by atoms with E-state index in [-0.39, 0.29) is 43.2 Å². The second kappa shape index (κ2) is 8.65. The van der Waals surface area contributed by atoms with Crippen molar-refractivity contribution in [1.29, 1.82) is 0 Å². The molecule has 1 unspecified atom stereocenters. The zero-order valence-corrected chi connectivity index (χ0v) is 16.9. The highest BCUT2D eigenvalue weighted by Crippen LogP contribution is 2.33. The number of carbonyl (C=O) groups is 3. The predicted octanol–water partition coefficient (Wildman–Crippen LogP) is 3.17. The Balaban J connectivity index is 2.22. The Morgan fingerprint density at radius 2 is 1.81 bits per heavy atom. The molecule has 1 aliphatic heterocycles. The highest BCUT2D eigenvalue weighted by Gasteiger charge is 2.47. The minimum atomic E-state index is -0.562. The van der Waals surface area contributed by atoms with Gasteiger partial charge in [0.2, 0.25) is 11.8 Å². The second-order valence-corrected chi connectivity index (χ2v) is 7.94. The molecule has 6 heteroatoms. The zero-order chi connectivity index (χ0) is 20.2. The van der Waals surface area contributed by atoms with Crippen molar-refractivity contribution in [3.8, 4) is 0 Å². The molecule has 0 aliphatic carbocycles. The first-order valence-corrected chi connectivity index (χ1v) is 9.51. The summed E-state index contributed by atoms with van der Waals surface area (Å²) in [4.78, 5) is 37.9. The standard InChI is InChI=1S/C21H30N2O4/c1-6-27-20(26)17(15(2)3)12-18(24)23-19(25)13-21(4,5)22(23)14-16-10-8-7-9-11-16/h7-11,15,17H,6,12-14H2,1-5H3. The Bertz CT molecular complexity index is 685. The smallest absolute Gasteiger partial charge is 0.309 e. The molecule has 1 atom stereocenters. The number of benzene rings is 1. The molecule has 2 amide bonds. The van der Waals surface area contributed by atoms with E-state index in [0.29, 0.717) is 6.54 Å². The van der Waals surface area contributed by atoms with Gasteiger partial charge in [0.15, 0.2) is 0 Å². The van der Waals surface area contributed by atoms with E-state index in [1.807, 2.05) is 63.0 Å². The van der Waals surface area contributed by atoms with Gasteiger partial charge >= 0.3 is 5.97 Å². The van der Waals surface area contributed by atoms with Crippen LogP contribution in [-0.2, 0) is 25.7 Å². The third-order valence-corrected chi connectivity index (χ3v) is 4.96. The SMILES string of the molecule is CCOC(=O)C(CC(=O)N1C(=O)CC(C)(C)N1Cc1ccccc1)C(C)C. The third kappa shape index (κ3) is 4.95. The molecule has 1 aliphatic rings. The molecular weight excluding hydrogens is 344 g/mol. The van der Waals surface area contributed by atoms with E-state index in [2.05, 4.69) is 0 Å². The molecule has 1 heterocycles. The van der Waals surface area contributed by atoms with Crippen molar-refractivity contribution in [1.82, 2.24) is 10.0 Å². The van der Waals surface area contributed by atoms with E-state index in [1.165, 1.54) is 5.01 Å². The number of hydrogen-bond donors (Lipinski definition) is 0. The van der Waals surface area contributed by atoms with E-state index >= 15 is 0 Å². The van der Waals surface area contributed by atoms with E-state index < -0.39 is 11.5 Å². The summed E-state index contributed by atoms with van der Waals surface area (Å²) in [5.74, 6) is -1.59. The van der Waals surface area contributed by atoms with Crippen molar-refractivity contribution in [2.45, 2.75) is 59.5 Å². The first-order chi connectivity index (χ1) is 12.7. The van der Waals surface area contributed by atoms with Gasteiger partial charge in [0.25, 0.3) is 0 Å². The molecular formula is C21H30N2O4. The van der Waals surface area contributed by atoms with Crippen molar-refractivity contribution in [2.75, 3.05) is 6.61 Å². The number of amides is 2. The third-order valence-electron chi connectivity index (χ3n) is 4.96. The molecule has 1 saturated heterocycles. The average molecular weight is 374 g/mol. The highest BCUT2D eigenvalue weighted by atomic mass is 16.5. The van der Waals surface area contributed by atoms with Crippen molar-refractivity contribution >= 4 is 17.8 Å². The van der Waals surface area contributed by atoms with Crippen molar-refractivity contribution < 1.29 is 19.1 Å². The first kappa shape index (κ1) is 21.1. The van der Waals surface area contributed by atoms with E-state index in [9.17, 15) is 14.4 Å². The fraction of sp³-hybridized carbons (Fsp3) is 0.571. The van der Waals surface area contributed by atoms with Crippen LogP contribution in [0.5, 0.6) is 0 Å². The van der Waals surface area contributed by atoms with Gasteiger partial charge in [-0.05, 0) is 32.3 Å². The summed E-state index contributed by atoms with van der Waals surface area (Å²) >= 11 is 0. The van der Waals surface area contributed by atoms with Crippen LogP contribution in [0.15, 0.2) is 30.3 Å². The monoisotopic (exact) mass is 374 g/mol. The Hall–Kier alpha value is -2.21. The Kier molecular flexibility index (Phi) is 6.76. The van der Waals surface area contributed by atoms with Gasteiger partial charge in [0.05, 0.1) is 12.5 Å². The first-order valence-electron chi connectivity index (χ1n) is 9.51. The molecule has 0 spiro atoms. The lowest BCUT2D eigenvalue weighted by atomic mass is 9.92. The molecule has 2 rings (SSSR count). The van der Waals surface area contributed by atoms with Crippen LogP contribution in [0.1, 0.15) is 53.0 Å². The molecule has 0 saturated carbocycles. The molecule has 0 radical (unpaired) electrons. The molecule has 1 fully saturated rings. The topological polar surface area (TPSA) is 66.9 Å². The molecule has 1 aromatic carbocycles. The number of carbonyl (C=O) groups excluding carboxylic acids is 3. The maximum absolute atomic E-state index is 13.0. The van der Waals surface area contributed by atoms with Gasteiger partial charge in [0, 0.05) is 24.9 Å². The summed E-state index contributed by atoms with van der Waals surface area (Å²) in [6, 6.07) is 9.73. The van der Waals surface area contributed by atoms with Crippen LogP contribution in [0.2, 0.25) is 0 Å². The van der Waals surface area contributed by atoms with Gasteiger partial charge < -0.3 is 4.74 Å². The van der Waals surface area contributed by atoms with E-state index in [4.69, 9.17) is 4.74 Å². The second-order valence-electron chi connectivity index (χ2n) is 7.94. The predicted molar refractivity (Wildman–Crippen MR) is 102 cm³/mol. The summed E-state index contributed by atoms with van der Waals surface area (Å²) < 4.78 is 5.11. The average Bonchev–Trinajstić information content (AvgIpc) is 2.81. The van der Waals surface area contributed by atoms with Crippen LogP contribution < -0.4 is 0 Å². The summed E-state index contributed by atoms with van der Waals surface area (Å²) in [6.07, 6.45) is 0.223. The quantitative estimate of drug-likeness (QED) is 0.686. The lowest BCUT2D eigenvalue weighted by Gasteiger charge is -2.36. The summed E-state index contributed by atoms with van der Waals surface area (Å²) in [5, 5.41) is 3.05. The fourth-order valence-corrected chi connectivity index (χ4v) is 3.37. The number of esters is 1. The van der Waals surface area contributed by atoms with Crippen LogP contribution >= 0.6 is 0 Å². The lowest BCUT2D eigenvalue weighted by Crippen LogP contribution is -2.50. The Labute approximate surface area is 161 Å². The zero-order valence-electron chi connectivity index (χ0n) is 16.9. The Morgan fingerprint density at radius 3 is 2.37 bits per heavy atom. The molecule has 1 aromatic rings. The molecule has 0 bridgehead atoms. The number of ether oxygens (including phenoxy) is 1. The number of hydrazine groups is 1. The van der Waals surface area contributed by atoms with Gasteiger partial charge in [-0.1, -0.05) is 44.2 Å². The maximum atomic E-state index is 13.0. The summed E-state index contributed by atoms with van der Waals surface area (Å²) in [5.41, 5.74) is 0.545. The van der Waals surface area contributed by atoms with Crippen LogP contribution in [0.4, 0.5) is 0 Å². The molecule has 0 N–H and O–H groups in total. The van der Waals surface area contributed by atoms with Gasteiger partial charge in [-0.2, -0.15) is 0 Å². The summed E-state index contributed by atoms with van der Waals surface area (Å²) in [7, 11) is 0. The number of nitrogens with zero attached hydrogens (tertiary/aromatic N) is 2. The van der Waals surface area contributed by atoms with Gasteiger partial charge in [-0.25, -0.2) is 10.0 Å². The number of rotatable bonds is 7. The molecule has 6 nitrogen and oxygen atoms in total. The fourth-order valence-electron chi connectivity index (χ4n) is 3.37. The minimum absolute atomic E-state index is 0.0381. The normalized spacial score (nSPS) is 18.0. The van der Waals surface area contributed by atoms with Gasteiger partial charge in [0.1, 0.15) is 0 Å².